The van der Waals surface area contributed by atoms with Crippen molar-refractivity contribution in [2.24, 2.45) is 0 Å². The lowest BCUT2D eigenvalue weighted by molar-refractivity contribution is -0.700. The number of carbonyl (C=O) groups is 2. The van der Waals surface area contributed by atoms with Gasteiger partial charge in [-0.3, -0.25) is 10.1 Å². The summed E-state index contributed by atoms with van der Waals surface area (Å²) in [4.78, 5) is 23.1. The highest BCUT2D eigenvalue weighted by molar-refractivity contribution is 5.84. The highest BCUT2D eigenvalue weighted by Gasteiger charge is 2.11. The van der Waals surface area contributed by atoms with E-state index in [1.54, 1.807) is 4.57 Å². The molecule has 24 heavy (non-hydrogen) atoms. The number of pyridine rings is 1. The van der Waals surface area contributed by atoms with E-state index in [2.05, 4.69) is 12.2 Å². The first-order valence-corrected chi connectivity index (χ1v) is 9.15. The molecule has 0 aliphatic heterocycles. The summed E-state index contributed by atoms with van der Waals surface area (Å²) in [6, 6.07) is 5.62. The maximum atomic E-state index is 11.6. The molecule has 0 bridgehead atoms. The first-order chi connectivity index (χ1) is 11.7. The molecular formula is C19H31N2O3+. The molecule has 0 saturated heterocycles. The molecular weight excluding hydrogens is 304 g/mol. The number of nitrogens with one attached hydrogen (secondary N) is 1. The van der Waals surface area contributed by atoms with Crippen LogP contribution in [0.3, 0.4) is 0 Å². The molecule has 1 amide bonds. The van der Waals surface area contributed by atoms with Crippen LogP contribution in [0.1, 0.15) is 71.1 Å². The van der Waals surface area contributed by atoms with E-state index in [0.29, 0.717) is 6.42 Å². The molecule has 0 saturated carbocycles. The number of esters is 1. The van der Waals surface area contributed by atoms with Crippen LogP contribution in [-0.4, -0.2) is 12.1 Å². The highest BCUT2D eigenvalue weighted by atomic mass is 16.6. The summed E-state index contributed by atoms with van der Waals surface area (Å²) in [6.07, 6.45) is 14.0. The molecule has 0 radical (unpaired) electrons. The number of alkyl carbamates (subject to hydrolysis) is 1. The Bertz CT molecular complexity index is 463. The lowest BCUT2D eigenvalue weighted by atomic mass is 10.1. The second-order valence-corrected chi connectivity index (χ2v) is 6.06. The largest absolute Gasteiger partial charge is 0.419 e. The van der Waals surface area contributed by atoms with Crippen molar-refractivity contribution in [1.29, 1.82) is 0 Å². The lowest BCUT2D eigenvalue weighted by Crippen LogP contribution is -2.43. The van der Waals surface area contributed by atoms with Gasteiger partial charge in [0.2, 0.25) is 6.67 Å². The first kappa shape index (κ1) is 20.1. The Morgan fingerprint density at radius 2 is 1.46 bits per heavy atom. The summed E-state index contributed by atoms with van der Waals surface area (Å²) in [6.45, 7) is 2.50. The molecule has 1 heterocycles. The zero-order chi connectivity index (χ0) is 17.5. The predicted molar refractivity (Wildman–Crippen MR) is 93.1 cm³/mol. The molecule has 1 aromatic heterocycles. The van der Waals surface area contributed by atoms with Gasteiger partial charge in [0.25, 0.3) is 0 Å². The summed E-state index contributed by atoms with van der Waals surface area (Å²) in [5.41, 5.74) is 0. The average Bonchev–Trinajstić information content (AvgIpc) is 2.59. The van der Waals surface area contributed by atoms with Gasteiger partial charge >= 0.3 is 12.1 Å². The smallest absolute Gasteiger partial charge is 0.376 e. The van der Waals surface area contributed by atoms with Crippen LogP contribution in [0.5, 0.6) is 0 Å². The standard InChI is InChI=1S/C19H30N2O3/c1-2-3-4-5-6-7-8-9-11-14-18(22)24-19(23)20-17-21-15-12-10-13-16-21/h10,12-13,15-16H,2-9,11,14,17H2,1H3/p+1. The Morgan fingerprint density at radius 3 is 2.08 bits per heavy atom. The molecule has 0 aliphatic rings. The number of carbonyl (C=O) groups excluding carboxylic acids is 2. The van der Waals surface area contributed by atoms with Gasteiger partial charge in [-0.25, -0.2) is 4.79 Å². The maximum Gasteiger partial charge on any atom is 0.419 e. The van der Waals surface area contributed by atoms with E-state index in [1.165, 1.54) is 38.5 Å². The SMILES string of the molecule is CCCCCCCCCCCC(=O)OC(=O)NC[n+]1ccccc1. The fraction of sp³-hybridized carbons (Fsp3) is 0.632. The summed E-state index contributed by atoms with van der Waals surface area (Å²) in [7, 11) is 0. The van der Waals surface area contributed by atoms with Gasteiger partial charge in [0, 0.05) is 18.6 Å². The van der Waals surface area contributed by atoms with E-state index in [0.717, 1.165) is 19.3 Å². The van der Waals surface area contributed by atoms with Crippen molar-refractivity contribution in [2.75, 3.05) is 0 Å². The summed E-state index contributed by atoms with van der Waals surface area (Å²) in [5.74, 6) is -0.450. The minimum Gasteiger partial charge on any atom is -0.376 e. The minimum absolute atomic E-state index is 0.283. The van der Waals surface area contributed by atoms with E-state index in [9.17, 15) is 9.59 Å². The quantitative estimate of drug-likeness (QED) is 0.271. The third-order valence-electron chi connectivity index (χ3n) is 3.87. The lowest BCUT2D eigenvalue weighted by Gasteiger charge is -2.04. The number of hydrogen-bond acceptors (Lipinski definition) is 3. The monoisotopic (exact) mass is 335 g/mol. The molecule has 1 N–H and O–H groups in total. The van der Waals surface area contributed by atoms with Crippen molar-refractivity contribution < 1.29 is 18.9 Å². The van der Waals surface area contributed by atoms with Crippen LogP contribution >= 0.6 is 0 Å². The minimum atomic E-state index is -0.688. The zero-order valence-corrected chi connectivity index (χ0v) is 14.8. The molecule has 0 aliphatic carbocycles. The highest BCUT2D eigenvalue weighted by Crippen LogP contribution is 2.10. The van der Waals surface area contributed by atoms with E-state index in [-0.39, 0.29) is 6.67 Å². The molecule has 5 heteroatoms. The number of amides is 1. The van der Waals surface area contributed by atoms with Crippen LogP contribution in [0.15, 0.2) is 30.6 Å². The molecule has 5 nitrogen and oxygen atoms in total. The van der Waals surface area contributed by atoms with Gasteiger partial charge in [-0.1, -0.05) is 64.4 Å². The van der Waals surface area contributed by atoms with E-state index < -0.39 is 12.1 Å². The second-order valence-electron chi connectivity index (χ2n) is 6.06. The van der Waals surface area contributed by atoms with Gasteiger partial charge in [-0.05, 0) is 6.42 Å². The third-order valence-corrected chi connectivity index (χ3v) is 3.87. The Balaban J connectivity index is 1.96. The van der Waals surface area contributed by atoms with E-state index in [4.69, 9.17) is 4.74 Å². The summed E-state index contributed by atoms with van der Waals surface area (Å²) in [5, 5.41) is 2.55. The molecule has 0 atom stereocenters. The molecule has 1 rings (SSSR count). The number of ether oxygens (including phenoxy) is 1. The molecule has 0 unspecified atom stereocenters. The molecule has 0 spiro atoms. The van der Waals surface area contributed by atoms with Crippen molar-refractivity contribution in [3.8, 4) is 0 Å². The normalized spacial score (nSPS) is 10.4. The van der Waals surface area contributed by atoms with Crippen molar-refractivity contribution in [1.82, 2.24) is 5.32 Å². The van der Waals surface area contributed by atoms with Crippen LogP contribution in [0.25, 0.3) is 0 Å². The van der Waals surface area contributed by atoms with Gasteiger partial charge in [0.1, 0.15) is 0 Å². The fourth-order valence-corrected chi connectivity index (χ4v) is 2.47. The Labute approximate surface area is 145 Å². The topological polar surface area (TPSA) is 59.3 Å². The van der Waals surface area contributed by atoms with E-state index in [1.807, 2.05) is 30.6 Å². The fourth-order valence-electron chi connectivity index (χ4n) is 2.47. The van der Waals surface area contributed by atoms with Crippen LogP contribution in [0.2, 0.25) is 0 Å². The Kier molecular flexibility index (Phi) is 11.3. The van der Waals surface area contributed by atoms with Crippen LogP contribution < -0.4 is 9.88 Å². The van der Waals surface area contributed by atoms with Gasteiger partial charge in [-0.15, -0.1) is 0 Å². The number of unbranched alkanes of at least 4 members (excludes halogenated alkanes) is 8. The van der Waals surface area contributed by atoms with Gasteiger partial charge in [-0.2, -0.15) is 4.57 Å². The Hall–Kier alpha value is -1.91. The molecule has 0 fully saturated rings. The van der Waals surface area contributed by atoms with Gasteiger partial charge in [0.05, 0.1) is 0 Å². The second kappa shape index (κ2) is 13.5. The average molecular weight is 335 g/mol. The van der Waals surface area contributed by atoms with Crippen molar-refractivity contribution >= 4 is 12.1 Å². The van der Waals surface area contributed by atoms with Crippen LogP contribution in [0, 0.1) is 0 Å². The van der Waals surface area contributed by atoms with Gasteiger partial charge in [0.15, 0.2) is 12.4 Å². The number of rotatable bonds is 12. The number of hydrogen-bond donors (Lipinski definition) is 1. The maximum absolute atomic E-state index is 11.6. The van der Waals surface area contributed by atoms with E-state index >= 15 is 0 Å². The Morgan fingerprint density at radius 1 is 0.875 bits per heavy atom. The molecule has 0 aromatic carbocycles. The van der Waals surface area contributed by atoms with Crippen LogP contribution in [0.4, 0.5) is 4.79 Å². The third kappa shape index (κ3) is 10.8. The molecule has 1 aromatic rings. The molecule has 134 valence electrons. The zero-order valence-electron chi connectivity index (χ0n) is 14.8. The summed E-state index contributed by atoms with van der Waals surface area (Å²) < 4.78 is 6.53. The van der Waals surface area contributed by atoms with Crippen molar-refractivity contribution in [3.05, 3.63) is 30.6 Å². The summed E-state index contributed by atoms with van der Waals surface area (Å²) >= 11 is 0. The van der Waals surface area contributed by atoms with Crippen molar-refractivity contribution in [2.45, 2.75) is 77.8 Å². The number of aromatic nitrogens is 1. The van der Waals surface area contributed by atoms with Crippen molar-refractivity contribution in [3.63, 3.8) is 0 Å². The first-order valence-electron chi connectivity index (χ1n) is 9.15. The predicted octanol–water partition coefficient (Wildman–Crippen LogP) is 4.11. The van der Waals surface area contributed by atoms with Crippen LogP contribution in [-0.2, 0) is 16.2 Å². The number of nitrogens with zero attached hydrogens (tertiary/aromatic N) is 1. The van der Waals surface area contributed by atoms with Gasteiger partial charge < -0.3 is 4.74 Å².